The van der Waals surface area contributed by atoms with Crippen molar-refractivity contribution in [1.82, 2.24) is 0 Å². The molecule has 1 atom stereocenters. The van der Waals surface area contributed by atoms with Crippen molar-refractivity contribution in [3.63, 3.8) is 0 Å². The smallest absolute Gasteiger partial charge is 0.292 e. The largest absolute Gasteiger partial charge is 0.520 e. The van der Waals surface area contributed by atoms with Crippen LogP contribution in [0.25, 0.3) is 0 Å². The van der Waals surface area contributed by atoms with Gasteiger partial charge in [-0.3, -0.25) is 4.79 Å². The highest BCUT2D eigenvalue weighted by Crippen LogP contribution is 2.17. The lowest BCUT2D eigenvalue weighted by molar-refractivity contribution is -0.135. The minimum Gasteiger partial charge on any atom is -0.520 e. The zero-order valence-corrected chi connectivity index (χ0v) is 15.5. The van der Waals surface area contributed by atoms with Gasteiger partial charge in [-0.05, 0) is 32.0 Å². The maximum absolute atomic E-state index is 11.6. The van der Waals surface area contributed by atoms with Crippen LogP contribution in [-0.2, 0) is 9.22 Å². The molecule has 0 rings (SSSR count). The van der Waals surface area contributed by atoms with Crippen molar-refractivity contribution in [3.05, 3.63) is 0 Å². The van der Waals surface area contributed by atoms with Crippen LogP contribution in [-0.4, -0.2) is 14.3 Å². The van der Waals surface area contributed by atoms with Crippen LogP contribution >= 0.6 is 0 Å². The minimum atomic E-state index is -1.68. The molecule has 0 aromatic rings. The van der Waals surface area contributed by atoms with Crippen molar-refractivity contribution < 1.29 is 9.22 Å². The molecule has 0 N–H and O–H groups in total. The zero-order chi connectivity index (χ0) is 15.4. The molecule has 0 fully saturated rings. The van der Waals surface area contributed by atoms with Crippen molar-refractivity contribution in [3.8, 4) is 0 Å². The highest BCUT2D eigenvalue weighted by atomic mass is 28.4. The number of unbranched alkanes of at least 4 members (excludes halogenated alkanes) is 5. The summed E-state index contributed by atoms with van der Waals surface area (Å²) >= 11 is 0. The highest BCUT2D eigenvalue weighted by molar-refractivity contribution is 6.71. The van der Waals surface area contributed by atoms with Gasteiger partial charge >= 0.3 is 0 Å². The second-order valence-corrected chi connectivity index (χ2v) is 11.6. The number of carbonyl (C=O) groups is 1. The maximum Gasteiger partial charge on any atom is 0.292 e. The highest BCUT2D eigenvalue weighted by Gasteiger charge is 2.19. The average molecular weight is 301 g/mol. The maximum atomic E-state index is 11.6. The Morgan fingerprint density at radius 1 is 0.950 bits per heavy atom. The summed E-state index contributed by atoms with van der Waals surface area (Å²) in [5, 5.41) is 0. The third-order valence-electron chi connectivity index (χ3n) is 3.55. The van der Waals surface area contributed by atoms with E-state index in [9.17, 15) is 4.79 Å². The predicted molar refractivity (Wildman–Crippen MR) is 90.4 cm³/mol. The minimum absolute atomic E-state index is 0.0112. The van der Waals surface area contributed by atoms with Gasteiger partial charge in [0.05, 0.1) is 0 Å². The van der Waals surface area contributed by atoms with E-state index in [2.05, 4.69) is 33.5 Å². The third kappa shape index (κ3) is 14.1. The van der Waals surface area contributed by atoms with Crippen LogP contribution in [0, 0.1) is 5.92 Å². The summed E-state index contributed by atoms with van der Waals surface area (Å²) < 4.78 is 5.44. The number of hydrogen-bond acceptors (Lipinski definition) is 2. The molecule has 2 nitrogen and oxygen atoms in total. The standard InChI is InChI=1S/C17H36O2Si/c1-6-7-10-13-16(2)14-11-8-9-12-15-17(18)19-20(3,4)5/h16H,6-15H2,1-5H3. The van der Waals surface area contributed by atoms with Crippen molar-refractivity contribution >= 4 is 14.3 Å². The van der Waals surface area contributed by atoms with Crippen LogP contribution < -0.4 is 0 Å². The van der Waals surface area contributed by atoms with Gasteiger partial charge in [0.15, 0.2) is 0 Å². The number of hydrogen-bond donors (Lipinski definition) is 0. The lowest BCUT2D eigenvalue weighted by Gasteiger charge is -2.17. The lowest BCUT2D eigenvalue weighted by Crippen LogP contribution is -2.28. The molecule has 0 radical (unpaired) electrons. The van der Waals surface area contributed by atoms with Crippen molar-refractivity contribution in [2.75, 3.05) is 0 Å². The van der Waals surface area contributed by atoms with Crippen molar-refractivity contribution in [2.24, 2.45) is 5.92 Å². The Hall–Kier alpha value is -0.313. The molecule has 1 unspecified atom stereocenters. The van der Waals surface area contributed by atoms with E-state index in [1.807, 2.05) is 0 Å². The molecule has 3 heteroatoms. The van der Waals surface area contributed by atoms with E-state index in [4.69, 9.17) is 4.43 Å². The average Bonchev–Trinajstić information content (AvgIpc) is 2.31. The van der Waals surface area contributed by atoms with E-state index in [1.165, 1.54) is 51.4 Å². The van der Waals surface area contributed by atoms with Gasteiger partial charge in [0, 0.05) is 6.42 Å². The topological polar surface area (TPSA) is 26.3 Å². The zero-order valence-electron chi connectivity index (χ0n) is 14.5. The van der Waals surface area contributed by atoms with E-state index >= 15 is 0 Å². The molecule has 120 valence electrons. The van der Waals surface area contributed by atoms with Crippen molar-refractivity contribution in [1.29, 1.82) is 0 Å². The lowest BCUT2D eigenvalue weighted by atomic mass is 9.96. The predicted octanol–water partition coefficient (Wildman–Crippen LogP) is 5.92. The second-order valence-electron chi connectivity index (χ2n) is 7.14. The van der Waals surface area contributed by atoms with E-state index < -0.39 is 8.32 Å². The molecule has 0 aliphatic rings. The molecule has 0 aliphatic carbocycles. The van der Waals surface area contributed by atoms with E-state index in [0.29, 0.717) is 6.42 Å². The molecule has 0 bridgehead atoms. The molecule has 0 aliphatic heterocycles. The molecule has 0 spiro atoms. The van der Waals surface area contributed by atoms with Gasteiger partial charge in [0.25, 0.3) is 5.97 Å². The van der Waals surface area contributed by atoms with Gasteiger partial charge in [-0.2, -0.15) is 0 Å². The molecule has 0 aromatic carbocycles. The summed E-state index contributed by atoms with van der Waals surface area (Å²) in [5.41, 5.74) is 0. The summed E-state index contributed by atoms with van der Waals surface area (Å²) in [4.78, 5) is 11.6. The van der Waals surface area contributed by atoms with Crippen LogP contribution in [0.3, 0.4) is 0 Å². The van der Waals surface area contributed by atoms with Gasteiger partial charge in [-0.25, -0.2) is 0 Å². The first-order valence-electron chi connectivity index (χ1n) is 8.57. The number of rotatable bonds is 12. The first kappa shape index (κ1) is 19.7. The molecule has 0 saturated heterocycles. The van der Waals surface area contributed by atoms with E-state index in [1.54, 1.807) is 0 Å². The third-order valence-corrected chi connectivity index (χ3v) is 4.39. The Bertz CT molecular complexity index is 246. The van der Waals surface area contributed by atoms with Gasteiger partial charge < -0.3 is 4.43 Å². The fraction of sp³-hybridized carbons (Fsp3) is 0.941. The molecule has 0 saturated carbocycles. The molecular formula is C17H36O2Si. The Morgan fingerprint density at radius 2 is 1.50 bits per heavy atom. The summed E-state index contributed by atoms with van der Waals surface area (Å²) in [6.07, 6.45) is 12.2. The van der Waals surface area contributed by atoms with Gasteiger partial charge in [-0.15, -0.1) is 0 Å². The van der Waals surface area contributed by atoms with Crippen LogP contribution in [0.2, 0.25) is 19.6 Å². The summed E-state index contributed by atoms with van der Waals surface area (Å²) in [6.45, 7) is 10.8. The van der Waals surface area contributed by atoms with E-state index in [0.717, 1.165) is 12.3 Å². The first-order chi connectivity index (χ1) is 9.35. The fourth-order valence-electron chi connectivity index (χ4n) is 2.40. The molecule has 0 heterocycles. The van der Waals surface area contributed by atoms with Crippen LogP contribution in [0.5, 0.6) is 0 Å². The van der Waals surface area contributed by atoms with Crippen LogP contribution in [0.1, 0.15) is 78.1 Å². The number of carbonyl (C=O) groups excluding carboxylic acids is 1. The molecular weight excluding hydrogens is 264 g/mol. The molecule has 0 aromatic heterocycles. The van der Waals surface area contributed by atoms with Gasteiger partial charge in [-0.1, -0.05) is 65.2 Å². The summed E-state index contributed by atoms with van der Waals surface area (Å²) in [7, 11) is -1.68. The summed E-state index contributed by atoms with van der Waals surface area (Å²) in [6, 6.07) is 0. The Morgan fingerprint density at radius 3 is 2.05 bits per heavy atom. The van der Waals surface area contributed by atoms with Crippen LogP contribution in [0.15, 0.2) is 0 Å². The Balaban J connectivity index is 3.38. The second kappa shape index (κ2) is 11.4. The normalized spacial score (nSPS) is 13.2. The van der Waals surface area contributed by atoms with Crippen molar-refractivity contribution in [2.45, 2.75) is 97.7 Å². The Kier molecular flexibility index (Phi) is 11.2. The van der Waals surface area contributed by atoms with E-state index in [-0.39, 0.29) is 5.97 Å². The Labute approximate surface area is 127 Å². The summed E-state index contributed by atoms with van der Waals surface area (Å²) in [5.74, 6) is 0.885. The quantitative estimate of drug-likeness (QED) is 0.330. The van der Waals surface area contributed by atoms with Gasteiger partial charge in [0.1, 0.15) is 0 Å². The monoisotopic (exact) mass is 300 g/mol. The van der Waals surface area contributed by atoms with Gasteiger partial charge in [0.2, 0.25) is 8.32 Å². The first-order valence-corrected chi connectivity index (χ1v) is 12.0. The molecule has 0 amide bonds. The van der Waals surface area contributed by atoms with Crippen LogP contribution in [0.4, 0.5) is 0 Å². The SMILES string of the molecule is CCCCCC(C)CCCCCCC(=O)O[Si](C)(C)C. The molecule has 20 heavy (non-hydrogen) atoms. The fourth-order valence-corrected chi connectivity index (χ4v) is 3.18.